The Morgan fingerprint density at radius 1 is 1.33 bits per heavy atom. The highest BCUT2D eigenvalue weighted by Gasteiger charge is 2.31. The molecule has 0 atom stereocenters. The molecule has 3 rings (SSSR count). The van der Waals surface area contributed by atoms with Gasteiger partial charge in [-0.25, -0.2) is 15.0 Å². The summed E-state index contributed by atoms with van der Waals surface area (Å²) in [5.74, 6) is 0.360. The highest BCUT2D eigenvalue weighted by Crippen LogP contribution is 2.40. The molecule has 1 amide bonds. The molecule has 2 aliphatic rings. The van der Waals surface area contributed by atoms with Crippen LogP contribution in [0.15, 0.2) is 12.5 Å². The summed E-state index contributed by atoms with van der Waals surface area (Å²) in [6, 6.07) is 0. The summed E-state index contributed by atoms with van der Waals surface area (Å²) < 4.78 is 0. The number of amides is 1. The predicted octanol–water partition coefficient (Wildman–Crippen LogP) is 1.91. The zero-order valence-electron chi connectivity index (χ0n) is 10.3. The Balaban J connectivity index is 1.82. The molecule has 0 bridgehead atoms. The molecule has 96 valence electrons. The van der Waals surface area contributed by atoms with Gasteiger partial charge in [0.2, 0.25) is 0 Å². The van der Waals surface area contributed by atoms with E-state index in [1.165, 1.54) is 11.4 Å². The molecule has 0 unspecified atom stereocenters. The molecular weight excluding hydrogens is 230 g/mol. The molecule has 0 spiro atoms. The van der Waals surface area contributed by atoms with Crippen LogP contribution in [0, 0.1) is 0 Å². The molecule has 5 nitrogen and oxygen atoms in total. The van der Waals surface area contributed by atoms with Crippen LogP contribution in [0.3, 0.4) is 0 Å². The number of hydrogen-bond acceptors (Lipinski definition) is 4. The molecule has 2 fully saturated rings. The maximum absolute atomic E-state index is 12.4. The summed E-state index contributed by atoms with van der Waals surface area (Å²) in [4.78, 5) is 26.2. The van der Waals surface area contributed by atoms with Crippen molar-refractivity contribution in [3.8, 4) is 0 Å². The first-order valence-corrected chi connectivity index (χ1v) is 6.61. The molecule has 0 N–H and O–H groups in total. The first-order chi connectivity index (χ1) is 8.86. The van der Waals surface area contributed by atoms with Crippen molar-refractivity contribution in [2.75, 3.05) is 13.2 Å². The highest BCUT2D eigenvalue weighted by atomic mass is 16.7. The Kier molecular flexibility index (Phi) is 3.23. The molecule has 1 aliphatic heterocycles. The van der Waals surface area contributed by atoms with Crippen LogP contribution in [-0.2, 0) is 4.84 Å². The fraction of sp³-hybridized carbons (Fsp3) is 0.615. The van der Waals surface area contributed by atoms with Crippen molar-refractivity contribution in [2.45, 2.75) is 38.0 Å². The second-order valence-electron chi connectivity index (χ2n) is 4.90. The lowest BCUT2D eigenvalue weighted by atomic mass is 10.1. The Morgan fingerprint density at radius 3 is 3.06 bits per heavy atom. The van der Waals surface area contributed by atoms with Gasteiger partial charge in [-0.1, -0.05) is 0 Å². The molecule has 5 heteroatoms. The van der Waals surface area contributed by atoms with Gasteiger partial charge in [-0.3, -0.25) is 9.63 Å². The van der Waals surface area contributed by atoms with Crippen molar-refractivity contribution in [2.24, 2.45) is 0 Å². The number of hydroxylamine groups is 2. The van der Waals surface area contributed by atoms with Crippen LogP contribution < -0.4 is 0 Å². The molecular formula is C13H17N3O2. The van der Waals surface area contributed by atoms with Crippen LogP contribution in [0.1, 0.15) is 54.1 Å². The van der Waals surface area contributed by atoms with E-state index in [0.717, 1.165) is 37.8 Å². The second-order valence-corrected chi connectivity index (χ2v) is 4.90. The first-order valence-electron chi connectivity index (χ1n) is 6.61. The Labute approximate surface area is 106 Å². The van der Waals surface area contributed by atoms with Gasteiger partial charge in [-0.2, -0.15) is 0 Å². The monoisotopic (exact) mass is 247 g/mol. The number of rotatable bonds is 2. The minimum atomic E-state index is -0.0839. The van der Waals surface area contributed by atoms with Crippen molar-refractivity contribution in [1.29, 1.82) is 0 Å². The number of aromatic nitrogens is 2. The summed E-state index contributed by atoms with van der Waals surface area (Å²) >= 11 is 0. The maximum Gasteiger partial charge on any atom is 0.280 e. The first kappa shape index (κ1) is 11.6. The van der Waals surface area contributed by atoms with Crippen molar-refractivity contribution in [3.63, 3.8) is 0 Å². The summed E-state index contributed by atoms with van der Waals surface area (Å²) in [7, 11) is 0. The minimum Gasteiger partial charge on any atom is -0.271 e. The van der Waals surface area contributed by atoms with E-state index >= 15 is 0 Å². The van der Waals surface area contributed by atoms with Gasteiger partial charge in [0.05, 0.1) is 17.9 Å². The van der Waals surface area contributed by atoms with Gasteiger partial charge < -0.3 is 0 Å². The summed E-state index contributed by atoms with van der Waals surface area (Å²) in [5.41, 5.74) is 1.50. The van der Waals surface area contributed by atoms with Gasteiger partial charge >= 0.3 is 0 Å². The summed E-state index contributed by atoms with van der Waals surface area (Å²) in [6.45, 7) is 1.29. The van der Waals surface area contributed by atoms with Crippen LogP contribution >= 0.6 is 0 Å². The standard InChI is InChI=1S/C13H17N3O2/c17-13(16-6-2-1-3-7-18-16)11-8-14-9-15-12(11)10-4-5-10/h8-10H,1-7H2. The lowest BCUT2D eigenvalue weighted by Crippen LogP contribution is -2.32. The van der Waals surface area contributed by atoms with Crippen molar-refractivity contribution in [1.82, 2.24) is 15.0 Å². The molecule has 1 aromatic heterocycles. The van der Waals surface area contributed by atoms with E-state index in [1.807, 2.05) is 0 Å². The van der Waals surface area contributed by atoms with Crippen LogP contribution in [-0.4, -0.2) is 34.1 Å². The largest absolute Gasteiger partial charge is 0.280 e. The average molecular weight is 247 g/mol. The van der Waals surface area contributed by atoms with E-state index in [-0.39, 0.29) is 5.91 Å². The molecule has 2 heterocycles. The van der Waals surface area contributed by atoms with Gasteiger partial charge in [0, 0.05) is 18.7 Å². The molecule has 0 radical (unpaired) electrons. The van der Waals surface area contributed by atoms with E-state index in [9.17, 15) is 4.79 Å². The fourth-order valence-electron chi connectivity index (χ4n) is 2.25. The zero-order valence-corrected chi connectivity index (χ0v) is 10.3. The molecule has 1 aliphatic carbocycles. The average Bonchev–Trinajstić information content (AvgIpc) is 3.24. The second kappa shape index (κ2) is 5.02. The molecule has 1 saturated heterocycles. The molecule has 1 aromatic rings. The van der Waals surface area contributed by atoms with E-state index in [1.54, 1.807) is 6.20 Å². The van der Waals surface area contributed by atoms with Gasteiger partial charge in [-0.15, -0.1) is 0 Å². The van der Waals surface area contributed by atoms with Crippen LogP contribution in [0.4, 0.5) is 0 Å². The third-order valence-electron chi connectivity index (χ3n) is 3.42. The fourth-order valence-corrected chi connectivity index (χ4v) is 2.25. The SMILES string of the molecule is O=C(c1cncnc1C1CC1)N1CCCCCO1. The van der Waals surface area contributed by atoms with Gasteiger partial charge in [0.1, 0.15) is 6.33 Å². The Morgan fingerprint density at radius 2 is 2.22 bits per heavy atom. The van der Waals surface area contributed by atoms with Gasteiger partial charge in [0.15, 0.2) is 0 Å². The number of nitrogens with zero attached hydrogens (tertiary/aromatic N) is 3. The lowest BCUT2D eigenvalue weighted by Gasteiger charge is -2.20. The van der Waals surface area contributed by atoms with Crippen molar-refractivity contribution < 1.29 is 9.63 Å². The lowest BCUT2D eigenvalue weighted by molar-refractivity contribution is -0.115. The van der Waals surface area contributed by atoms with Gasteiger partial charge in [0.25, 0.3) is 5.91 Å². The van der Waals surface area contributed by atoms with E-state index in [2.05, 4.69) is 9.97 Å². The Hall–Kier alpha value is -1.49. The zero-order chi connectivity index (χ0) is 12.4. The summed E-state index contributed by atoms with van der Waals surface area (Å²) in [5, 5.41) is 1.48. The van der Waals surface area contributed by atoms with Crippen LogP contribution in [0.25, 0.3) is 0 Å². The molecule has 18 heavy (non-hydrogen) atoms. The highest BCUT2D eigenvalue weighted by molar-refractivity contribution is 5.94. The predicted molar refractivity (Wildman–Crippen MR) is 64.8 cm³/mol. The Bertz CT molecular complexity index is 438. The van der Waals surface area contributed by atoms with E-state index in [4.69, 9.17) is 4.84 Å². The topological polar surface area (TPSA) is 55.3 Å². The summed E-state index contributed by atoms with van der Waals surface area (Å²) in [6.07, 6.45) is 8.52. The molecule has 0 aromatic carbocycles. The van der Waals surface area contributed by atoms with Gasteiger partial charge in [-0.05, 0) is 32.1 Å². The molecule has 1 saturated carbocycles. The maximum atomic E-state index is 12.4. The third kappa shape index (κ3) is 2.36. The number of carbonyl (C=O) groups is 1. The van der Waals surface area contributed by atoms with Crippen LogP contribution in [0.5, 0.6) is 0 Å². The van der Waals surface area contributed by atoms with Crippen LogP contribution in [0.2, 0.25) is 0 Å². The van der Waals surface area contributed by atoms with E-state index < -0.39 is 0 Å². The van der Waals surface area contributed by atoms with Crippen molar-refractivity contribution >= 4 is 5.91 Å². The number of carbonyl (C=O) groups excluding carboxylic acids is 1. The van der Waals surface area contributed by atoms with Crippen molar-refractivity contribution in [3.05, 3.63) is 23.8 Å². The number of hydrogen-bond donors (Lipinski definition) is 0. The normalized spacial score (nSPS) is 20.6. The minimum absolute atomic E-state index is 0.0839. The van der Waals surface area contributed by atoms with E-state index in [0.29, 0.717) is 24.6 Å². The quantitative estimate of drug-likeness (QED) is 0.801. The smallest absolute Gasteiger partial charge is 0.271 e. The third-order valence-corrected chi connectivity index (χ3v) is 3.42.